The first-order valence-electron chi connectivity index (χ1n) is 11.8. The Morgan fingerprint density at radius 3 is 2.21 bits per heavy atom. The van der Waals surface area contributed by atoms with Crippen LogP contribution >= 0.6 is 34.8 Å². The summed E-state index contributed by atoms with van der Waals surface area (Å²) in [5, 5.41) is 11.0. The molecule has 0 radical (unpaired) electrons. The highest BCUT2D eigenvalue weighted by Gasteiger charge is 2.58. The van der Waals surface area contributed by atoms with Crippen molar-refractivity contribution in [3.63, 3.8) is 0 Å². The number of carbonyl (C=O) groups is 3. The number of fused-ring (bicyclic) bond motifs is 3. The monoisotopic (exact) mass is 530 g/mol. The van der Waals surface area contributed by atoms with Gasteiger partial charge >= 0.3 is 5.97 Å². The van der Waals surface area contributed by atoms with Crippen LogP contribution in [0.3, 0.4) is 0 Å². The smallest absolute Gasteiger partial charge is 0.316 e. The molecule has 0 amide bonds. The first-order valence-corrected chi connectivity index (χ1v) is 12.9. The van der Waals surface area contributed by atoms with Gasteiger partial charge < -0.3 is 9.84 Å². The molecule has 1 N–H and O–H groups in total. The van der Waals surface area contributed by atoms with Crippen LogP contribution in [0.5, 0.6) is 0 Å². The third-order valence-corrected chi connectivity index (χ3v) is 8.87. The van der Waals surface area contributed by atoms with Crippen molar-refractivity contribution in [3.05, 3.63) is 36.5 Å². The minimum Gasteiger partial charge on any atom is -0.458 e. The number of carbonyl (C=O) groups excluding carboxylic acids is 3. The summed E-state index contributed by atoms with van der Waals surface area (Å²) in [6.07, 6.45) is 10.4. The first-order chi connectivity index (χ1) is 15.7. The minimum absolute atomic E-state index is 0.0940. The van der Waals surface area contributed by atoms with E-state index in [2.05, 4.69) is 6.08 Å². The standard InChI is InChI=1S/C26H33Cl3O5/c1-13-8-6-7-9-14(2)34-24(33)16(4)22(31)26(28,29)23(32)20-18(13)11-10-17-12-25(5,27)21(30)15(3)19(17)20/h6-11,13-21,30H,12H2,1-5H3/b8-6-,9-7+/t13-,14+,15+,16+,17-,18+,19-,20-,21-,25-/m1/s1. The first kappa shape index (κ1) is 27.4. The third-order valence-electron chi connectivity index (χ3n) is 7.75. The van der Waals surface area contributed by atoms with Crippen LogP contribution in [0.15, 0.2) is 36.5 Å². The van der Waals surface area contributed by atoms with Crippen molar-refractivity contribution in [1.82, 2.24) is 0 Å². The predicted molar refractivity (Wildman–Crippen MR) is 134 cm³/mol. The third kappa shape index (κ3) is 5.04. The summed E-state index contributed by atoms with van der Waals surface area (Å²) in [4.78, 5) is 38.9. The van der Waals surface area contributed by atoms with E-state index in [1.807, 2.05) is 32.1 Å². The van der Waals surface area contributed by atoms with Crippen LogP contribution in [0.1, 0.15) is 41.0 Å². The molecule has 1 saturated carbocycles. The maximum atomic E-state index is 14.0. The Kier molecular flexibility index (Phi) is 8.14. The van der Waals surface area contributed by atoms with Crippen LogP contribution in [-0.2, 0) is 19.1 Å². The number of hydrogen-bond donors (Lipinski definition) is 1. The fourth-order valence-electron chi connectivity index (χ4n) is 5.78. The lowest BCUT2D eigenvalue weighted by Crippen LogP contribution is -2.58. The minimum atomic E-state index is -2.43. The Labute approximate surface area is 216 Å². The van der Waals surface area contributed by atoms with E-state index in [1.54, 1.807) is 26.0 Å². The number of halogens is 3. The van der Waals surface area contributed by atoms with Crippen LogP contribution in [0.4, 0.5) is 0 Å². The van der Waals surface area contributed by atoms with Crippen molar-refractivity contribution < 1.29 is 24.2 Å². The van der Waals surface area contributed by atoms with Crippen LogP contribution in [0.25, 0.3) is 0 Å². The van der Waals surface area contributed by atoms with Crippen LogP contribution in [0, 0.1) is 41.4 Å². The largest absolute Gasteiger partial charge is 0.458 e. The second kappa shape index (κ2) is 10.1. The van der Waals surface area contributed by atoms with E-state index in [-0.39, 0.29) is 29.6 Å². The molecular weight excluding hydrogens is 499 g/mol. The van der Waals surface area contributed by atoms with E-state index in [4.69, 9.17) is 39.5 Å². The molecule has 0 unspecified atom stereocenters. The molecule has 0 aromatic rings. The van der Waals surface area contributed by atoms with Gasteiger partial charge in [0.1, 0.15) is 12.0 Å². The van der Waals surface area contributed by atoms with Gasteiger partial charge in [-0.2, -0.15) is 0 Å². The van der Waals surface area contributed by atoms with Gasteiger partial charge in [0.2, 0.25) is 4.33 Å². The average molecular weight is 532 g/mol. The van der Waals surface area contributed by atoms with Gasteiger partial charge in [-0.1, -0.05) is 67.4 Å². The number of alkyl halides is 3. The van der Waals surface area contributed by atoms with E-state index in [0.29, 0.717) is 6.42 Å². The highest BCUT2D eigenvalue weighted by molar-refractivity contribution is 6.68. The molecule has 8 heteroatoms. The van der Waals surface area contributed by atoms with Gasteiger partial charge in [0.15, 0.2) is 11.6 Å². The van der Waals surface area contributed by atoms with Gasteiger partial charge in [0.05, 0.1) is 11.0 Å². The quantitative estimate of drug-likeness (QED) is 0.204. The van der Waals surface area contributed by atoms with Gasteiger partial charge in [0.25, 0.3) is 0 Å². The Hall–Kier alpha value is -1.14. The van der Waals surface area contributed by atoms with Crippen molar-refractivity contribution in [1.29, 1.82) is 0 Å². The number of aliphatic hydroxyl groups is 1. The van der Waals surface area contributed by atoms with E-state index in [0.717, 1.165) is 0 Å². The van der Waals surface area contributed by atoms with Gasteiger partial charge in [-0.25, -0.2) is 0 Å². The Balaban J connectivity index is 2.13. The molecule has 34 heavy (non-hydrogen) atoms. The summed E-state index contributed by atoms with van der Waals surface area (Å²) < 4.78 is 2.88. The number of allylic oxidation sites excluding steroid dienone is 5. The zero-order chi connectivity index (χ0) is 25.6. The van der Waals surface area contributed by atoms with Crippen molar-refractivity contribution >= 4 is 52.3 Å². The summed E-state index contributed by atoms with van der Waals surface area (Å²) >= 11 is 19.6. The number of hydrogen-bond acceptors (Lipinski definition) is 5. The van der Waals surface area contributed by atoms with E-state index in [1.165, 1.54) is 6.92 Å². The van der Waals surface area contributed by atoms with Gasteiger partial charge in [-0.05, 0) is 62.9 Å². The summed E-state index contributed by atoms with van der Waals surface area (Å²) in [5.74, 6) is -5.59. The van der Waals surface area contributed by atoms with Crippen molar-refractivity contribution in [3.8, 4) is 0 Å². The highest BCUT2D eigenvalue weighted by Crippen LogP contribution is 2.54. The molecule has 0 aromatic carbocycles. The Morgan fingerprint density at radius 2 is 1.56 bits per heavy atom. The SMILES string of the molecule is C[C@@H]1C(=O)O[C@@H](C)/C=C/C=C\[C@@H](C)[C@@H]2C=C[C@@H]3C[C@@](C)(Cl)[C@H](O)[C@@H](C)[C@H]3[C@@H]2C(=O)C(Cl)(Cl)C1=O. The van der Waals surface area contributed by atoms with Gasteiger partial charge in [-0.15, -0.1) is 11.6 Å². The lowest BCUT2D eigenvalue weighted by molar-refractivity contribution is -0.154. The molecule has 5 nitrogen and oxygen atoms in total. The van der Waals surface area contributed by atoms with Crippen LogP contribution in [0.2, 0.25) is 0 Å². The molecular formula is C26H33Cl3O5. The maximum absolute atomic E-state index is 14.0. The molecule has 3 rings (SSSR count). The maximum Gasteiger partial charge on any atom is 0.316 e. The normalized spacial score (nSPS) is 47.1. The predicted octanol–water partition coefficient (Wildman–Crippen LogP) is 5.06. The second-order valence-electron chi connectivity index (χ2n) is 10.3. The number of ether oxygens (including phenoxy) is 1. The number of aliphatic hydroxyl groups excluding tert-OH is 1. The highest BCUT2D eigenvalue weighted by atomic mass is 35.5. The zero-order valence-corrected chi connectivity index (χ0v) is 22.3. The Morgan fingerprint density at radius 1 is 0.941 bits per heavy atom. The number of cyclic esters (lactones) is 1. The lowest BCUT2D eigenvalue weighted by Gasteiger charge is -2.52. The van der Waals surface area contributed by atoms with Gasteiger partial charge in [-0.3, -0.25) is 14.4 Å². The molecule has 3 aliphatic rings. The van der Waals surface area contributed by atoms with Crippen molar-refractivity contribution in [2.75, 3.05) is 0 Å². The Bertz CT molecular complexity index is 921. The van der Waals surface area contributed by atoms with E-state index < -0.39 is 50.8 Å². The molecule has 1 heterocycles. The van der Waals surface area contributed by atoms with Crippen LogP contribution < -0.4 is 0 Å². The number of rotatable bonds is 0. The molecule has 1 fully saturated rings. The van der Waals surface area contributed by atoms with E-state index in [9.17, 15) is 19.5 Å². The van der Waals surface area contributed by atoms with Crippen molar-refractivity contribution in [2.24, 2.45) is 41.4 Å². The molecule has 2 aliphatic carbocycles. The van der Waals surface area contributed by atoms with Gasteiger partial charge in [0, 0.05) is 5.92 Å². The summed E-state index contributed by atoms with van der Waals surface area (Å²) in [6.45, 7) is 8.67. The van der Waals surface area contributed by atoms with E-state index >= 15 is 0 Å². The fraction of sp³-hybridized carbons (Fsp3) is 0.654. The number of ketones is 2. The number of esters is 1. The second-order valence-corrected chi connectivity index (χ2v) is 12.5. The summed E-state index contributed by atoms with van der Waals surface area (Å²) in [7, 11) is 0. The van der Waals surface area contributed by atoms with Crippen molar-refractivity contribution in [2.45, 2.75) is 62.5 Å². The molecule has 0 spiro atoms. The molecule has 10 atom stereocenters. The molecule has 0 saturated heterocycles. The summed E-state index contributed by atoms with van der Waals surface area (Å²) in [5.41, 5.74) is 0. The molecule has 188 valence electrons. The molecule has 1 aliphatic heterocycles. The molecule has 0 bridgehead atoms. The topological polar surface area (TPSA) is 80.7 Å². The average Bonchev–Trinajstić information content (AvgIpc) is 2.77. The number of Topliss-reactive ketones (excluding diaryl/α,β-unsaturated/α-hetero) is 2. The molecule has 0 aromatic heterocycles. The lowest BCUT2D eigenvalue weighted by atomic mass is 9.55. The fourth-order valence-corrected chi connectivity index (χ4v) is 6.73. The zero-order valence-electron chi connectivity index (χ0n) is 20.1. The van der Waals surface area contributed by atoms with Crippen LogP contribution in [-0.4, -0.2) is 44.1 Å². The summed E-state index contributed by atoms with van der Waals surface area (Å²) in [6, 6.07) is 0.